The van der Waals surface area contributed by atoms with Crippen LogP contribution in [0.5, 0.6) is 0 Å². The molecule has 0 bridgehead atoms. The van der Waals surface area contributed by atoms with E-state index >= 15 is 0 Å². The second-order valence-electron chi connectivity index (χ2n) is 5.12. The lowest BCUT2D eigenvalue weighted by Crippen LogP contribution is -2.26. The lowest BCUT2D eigenvalue weighted by atomic mass is 9.95. The monoisotopic (exact) mass is 319 g/mol. The molecule has 0 amide bonds. The standard InChI is InChI=1S/C15H18BrN3/c1-11-10-15(12-6-8-17-9-7-12)18-19(11)14-4-2-13(16)3-5-14/h2-5,10,12,17H,6-9H2,1H3. The van der Waals surface area contributed by atoms with Gasteiger partial charge >= 0.3 is 0 Å². The van der Waals surface area contributed by atoms with E-state index in [1.54, 1.807) is 0 Å². The molecule has 0 atom stereocenters. The van der Waals surface area contributed by atoms with Crippen molar-refractivity contribution in [2.24, 2.45) is 0 Å². The summed E-state index contributed by atoms with van der Waals surface area (Å²) in [5.41, 5.74) is 3.57. The zero-order valence-electron chi connectivity index (χ0n) is 11.1. The highest BCUT2D eigenvalue weighted by molar-refractivity contribution is 9.10. The number of rotatable bonds is 2. The minimum Gasteiger partial charge on any atom is -0.317 e. The molecule has 1 aliphatic heterocycles. The molecule has 19 heavy (non-hydrogen) atoms. The molecule has 2 heterocycles. The first-order valence-electron chi connectivity index (χ1n) is 6.77. The van der Waals surface area contributed by atoms with Gasteiger partial charge in [-0.05, 0) is 63.2 Å². The lowest BCUT2D eigenvalue weighted by Gasteiger charge is -2.20. The van der Waals surface area contributed by atoms with Gasteiger partial charge < -0.3 is 5.32 Å². The second kappa shape index (κ2) is 5.47. The number of hydrogen-bond acceptors (Lipinski definition) is 2. The molecule has 0 radical (unpaired) electrons. The Kier molecular flexibility index (Phi) is 3.71. The second-order valence-corrected chi connectivity index (χ2v) is 6.04. The van der Waals surface area contributed by atoms with Crippen LogP contribution < -0.4 is 5.32 Å². The number of halogens is 1. The molecule has 0 saturated carbocycles. The van der Waals surface area contributed by atoms with Crippen LogP contribution in [0.25, 0.3) is 5.69 Å². The van der Waals surface area contributed by atoms with Crippen molar-refractivity contribution in [3.63, 3.8) is 0 Å². The smallest absolute Gasteiger partial charge is 0.0663 e. The average Bonchev–Trinajstić information content (AvgIpc) is 2.83. The fourth-order valence-corrected chi connectivity index (χ4v) is 2.92. The maximum absolute atomic E-state index is 4.81. The van der Waals surface area contributed by atoms with Crippen molar-refractivity contribution in [2.75, 3.05) is 13.1 Å². The zero-order valence-corrected chi connectivity index (χ0v) is 12.7. The molecule has 0 spiro atoms. The van der Waals surface area contributed by atoms with Crippen LogP contribution in [0.2, 0.25) is 0 Å². The summed E-state index contributed by atoms with van der Waals surface area (Å²) in [5, 5.41) is 8.21. The number of benzene rings is 1. The Balaban J connectivity index is 1.90. The zero-order chi connectivity index (χ0) is 13.2. The first-order valence-corrected chi connectivity index (χ1v) is 7.56. The maximum Gasteiger partial charge on any atom is 0.0663 e. The molecule has 3 rings (SSSR count). The Labute approximate surface area is 122 Å². The van der Waals surface area contributed by atoms with Crippen LogP contribution in [0, 0.1) is 6.92 Å². The lowest BCUT2D eigenvalue weighted by molar-refractivity contribution is 0.451. The highest BCUT2D eigenvalue weighted by Crippen LogP contribution is 2.26. The van der Waals surface area contributed by atoms with E-state index in [-0.39, 0.29) is 0 Å². The van der Waals surface area contributed by atoms with Crippen molar-refractivity contribution in [1.82, 2.24) is 15.1 Å². The number of hydrogen-bond donors (Lipinski definition) is 1. The van der Waals surface area contributed by atoms with Gasteiger partial charge in [-0.2, -0.15) is 5.10 Å². The van der Waals surface area contributed by atoms with Gasteiger partial charge in [0.05, 0.1) is 11.4 Å². The van der Waals surface area contributed by atoms with Gasteiger partial charge in [0.25, 0.3) is 0 Å². The number of piperidine rings is 1. The molecule has 100 valence electrons. The molecule has 4 heteroatoms. The van der Waals surface area contributed by atoms with Crippen LogP contribution in [0.1, 0.15) is 30.1 Å². The van der Waals surface area contributed by atoms with E-state index in [1.165, 1.54) is 24.2 Å². The van der Waals surface area contributed by atoms with Gasteiger partial charge in [0.2, 0.25) is 0 Å². The third-order valence-electron chi connectivity index (χ3n) is 3.73. The predicted octanol–water partition coefficient (Wildman–Crippen LogP) is 3.41. The van der Waals surface area contributed by atoms with E-state index in [0.717, 1.165) is 23.2 Å². The van der Waals surface area contributed by atoms with Crippen LogP contribution in [-0.2, 0) is 0 Å². The van der Waals surface area contributed by atoms with Crippen molar-refractivity contribution in [3.05, 3.63) is 46.2 Å². The summed E-state index contributed by atoms with van der Waals surface area (Å²) < 4.78 is 3.14. The predicted molar refractivity (Wildman–Crippen MR) is 80.8 cm³/mol. The summed E-state index contributed by atoms with van der Waals surface area (Å²) >= 11 is 3.47. The van der Waals surface area contributed by atoms with Crippen molar-refractivity contribution < 1.29 is 0 Å². The van der Waals surface area contributed by atoms with E-state index in [2.05, 4.69) is 58.5 Å². The molecule has 1 aromatic carbocycles. The van der Waals surface area contributed by atoms with E-state index in [4.69, 9.17) is 5.10 Å². The van der Waals surface area contributed by atoms with E-state index in [9.17, 15) is 0 Å². The Hall–Kier alpha value is -1.13. The molecule has 3 nitrogen and oxygen atoms in total. The highest BCUT2D eigenvalue weighted by Gasteiger charge is 2.19. The fraction of sp³-hybridized carbons (Fsp3) is 0.400. The molecule has 2 aromatic rings. The SMILES string of the molecule is Cc1cc(C2CCNCC2)nn1-c1ccc(Br)cc1. The molecule has 1 aromatic heterocycles. The van der Waals surface area contributed by atoms with E-state index < -0.39 is 0 Å². The molecular formula is C15H18BrN3. The van der Waals surface area contributed by atoms with Crippen molar-refractivity contribution in [3.8, 4) is 5.69 Å². The van der Waals surface area contributed by atoms with Crippen molar-refractivity contribution >= 4 is 15.9 Å². The largest absolute Gasteiger partial charge is 0.317 e. The van der Waals surface area contributed by atoms with Gasteiger partial charge in [0.15, 0.2) is 0 Å². The Morgan fingerprint density at radius 2 is 1.89 bits per heavy atom. The van der Waals surface area contributed by atoms with Crippen molar-refractivity contribution in [2.45, 2.75) is 25.7 Å². The highest BCUT2D eigenvalue weighted by atomic mass is 79.9. The number of aromatic nitrogens is 2. The molecule has 0 unspecified atom stereocenters. The molecule has 1 fully saturated rings. The van der Waals surface area contributed by atoms with Crippen LogP contribution >= 0.6 is 15.9 Å². The van der Waals surface area contributed by atoms with Gasteiger partial charge in [-0.1, -0.05) is 15.9 Å². The molecule has 0 aliphatic carbocycles. The summed E-state index contributed by atoms with van der Waals surface area (Å²) in [4.78, 5) is 0. The maximum atomic E-state index is 4.81. The fourth-order valence-electron chi connectivity index (χ4n) is 2.66. The van der Waals surface area contributed by atoms with E-state index in [0.29, 0.717) is 5.92 Å². The van der Waals surface area contributed by atoms with Gasteiger partial charge in [0, 0.05) is 16.1 Å². The summed E-state index contributed by atoms with van der Waals surface area (Å²) in [6, 6.07) is 10.5. The normalized spacial score (nSPS) is 16.7. The number of nitrogens with one attached hydrogen (secondary N) is 1. The number of aryl methyl sites for hydroxylation is 1. The van der Waals surface area contributed by atoms with Gasteiger partial charge in [-0.15, -0.1) is 0 Å². The van der Waals surface area contributed by atoms with E-state index in [1.807, 2.05) is 4.68 Å². The summed E-state index contributed by atoms with van der Waals surface area (Å²) in [5.74, 6) is 0.608. The first kappa shape index (κ1) is 12.9. The number of nitrogens with zero attached hydrogens (tertiary/aromatic N) is 2. The van der Waals surface area contributed by atoms with Crippen LogP contribution in [0.3, 0.4) is 0 Å². The molecule has 1 aliphatic rings. The van der Waals surface area contributed by atoms with Gasteiger partial charge in [-0.25, -0.2) is 4.68 Å². The Bertz CT molecular complexity index is 553. The minimum absolute atomic E-state index is 0.608. The third-order valence-corrected chi connectivity index (χ3v) is 4.26. The summed E-state index contributed by atoms with van der Waals surface area (Å²) in [6.45, 7) is 4.34. The molecule has 1 saturated heterocycles. The van der Waals surface area contributed by atoms with Crippen molar-refractivity contribution in [1.29, 1.82) is 0 Å². The average molecular weight is 320 g/mol. The first-order chi connectivity index (χ1) is 9.24. The van der Waals surface area contributed by atoms with Crippen LogP contribution in [0.15, 0.2) is 34.8 Å². The Morgan fingerprint density at radius 1 is 1.21 bits per heavy atom. The van der Waals surface area contributed by atoms with Crippen LogP contribution in [-0.4, -0.2) is 22.9 Å². The van der Waals surface area contributed by atoms with Crippen LogP contribution in [0.4, 0.5) is 0 Å². The third kappa shape index (κ3) is 2.74. The summed E-state index contributed by atoms with van der Waals surface area (Å²) in [6.07, 6.45) is 2.38. The minimum atomic E-state index is 0.608. The van der Waals surface area contributed by atoms with Gasteiger partial charge in [-0.3, -0.25) is 0 Å². The van der Waals surface area contributed by atoms with Gasteiger partial charge in [0.1, 0.15) is 0 Å². The Morgan fingerprint density at radius 3 is 2.58 bits per heavy atom. The quantitative estimate of drug-likeness (QED) is 0.919. The molecule has 1 N–H and O–H groups in total. The topological polar surface area (TPSA) is 29.9 Å². The summed E-state index contributed by atoms with van der Waals surface area (Å²) in [7, 11) is 0. The molecular weight excluding hydrogens is 302 g/mol.